The van der Waals surface area contributed by atoms with Crippen LogP contribution in [0, 0.1) is 0 Å². The monoisotopic (exact) mass is 217 g/mol. The number of hydrogen-bond donors (Lipinski definition) is 1. The number of hydrogen-bond acceptors (Lipinski definition) is 4. The van der Waals surface area contributed by atoms with Gasteiger partial charge in [-0.3, -0.25) is 0 Å². The fourth-order valence-electron chi connectivity index (χ4n) is 1.22. The van der Waals surface area contributed by atoms with E-state index in [-0.39, 0.29) is 17.2 Å². The molecular formula is C7H6F3N5. The normalized spacial score (nSPS) is 12.2. The number of fused-ring (bicyclic) bond motifs is 1. The number of alkyl halides is 3. The molecule has 2 heterocycles. The largest absolute Gasteiger partial charge is 0.393 e. The smallest absolute Gasteiger partial charge is 0.368 e. The number of nitrogens with zero attached hydrogens (tertiary/aromatic N) is 4. The molecule has 0 saturated heterocycles. The van der Waals surface area contributed by atoms with E-state index >= 15 is 0 Å². The molecule has 0 aliphatic carbocycles. The second kappa shape index (κ2) is 3.07. The third kappa shape index (κ3) is 1.83. The maximum absolute atomic E-state index is 12.1. The first kappa shape index (κ1) is 9.69. The zero-order valence-electron chi connectivity index (χ0n) is 7.36. The molecule has 0 unspecified atom stereocenters. The predicted molar refractivity (Wildman–Crippen MR) is 45.0 cm³/mol. The highest BCUT2D eigenvalue weighted by atomic mass is 19.4. The van der Waals surface area contributed by atoms with Crippen LogP contribution >= 0.6 is 0 Å². The lowest BCUT2D eigenvalue weighted by atomic mass is 10.2. The van der Waals surface area contributed by atoms with E-state index in [1.54, 1.807) is 0 Å². The van der Waals surface area contributed by atoms with Crippen molar-refractivity contribution in [1.82, 2.24) is 19.6 Å². The third-order valence-corrected chi connectivity index (χ3v) is 1.79. The van der Waals surface area contributed by atoms with Gasteiger partial charge in [-0.05, 0) is 0 Å². The zero-order valence-corrected chi connectivity index (χ0v) is 7.36. The Morgan fingerprint density at radius 2 is 2.07 bits per heavy atom. The molecule has 0 spiro atoms. The van der Waals surface area contributed by atoms with Crippen molar-refractivity contribution in [3.63, 3.8) is 0 Å². The summed E-state index contributed by atoms with van der Waals surface area (Å²) < 4.78 is 37.5. The van der Waals surface area contributed by atoms with E-state index in [4.69, 9.17) is 5.73 Å². The summed E-state index contributed by atoms with van der Waals surface area (Å²) in [6, 6.07) is 0. The van der Waals surface area contributed by atoms with Crippen LogP contribution in [0.5, 0.6) is 0 Å². The highest BCUT2D eigenvalue weighted by molar-refractivity contribution is 5.49. The maximum atomic E-state index is 12.1. The van der Waals surface area contributed by atoms with Crippen molar-refractivity contribution >= 4 is 11.6 Å². The zero-order chi connectivity index (χ0) is 11.1. The van der Waals surface area contributed by atoms with Crippen molar-refractivity contribution in [2.45, 2.75) is 12.6 Å². The van der Waals surface area contributed by atoms with Crippen LogP contribution in [0.15, 0.2) is 12.5 Å². The Morgan fingerprint density at radius 1 is 1.33 bits per heavy atom. The lowest BCUT2D eigenvalue weighted by molar-refractivity contribution is -0.127. The van der Waals surface area contributed by atoms with Crippen LogP contribution < -0.4 is 5.73 Å². The molecule has 8 heteroatoms. The summed E-state index contributed by atoms with van der Waals surface area (Å²) in [6.45, 7) is 0. The van der Waals surface area contributed by atoms with Gasteiger partial charge in [0.15, 0.2) is 5.65 Å². The minimum atomic E-state index is -4.29. The van der Waals surface area contributed by atoms with Crippen LogP contribution in [0.3, 0.4) is 0 Å². The van der Waals surface area contributed by atoms with Crippen molar-refractivity contribution in [1.29, 1.82) is 0 Å². The number of nitrogen functional groups attached to an aromatic ring is 1. The quantitative estimate of drug-likeness (QED) is 0.767. The molecule has 0 aliphatic heterocycles. The van der Waals surface area contributed by atoms with Crippen LogP contribution in [0.2, 0.25) is 0 Å². The van der Waals surface area contributed by atoms with Gasteiger partial charge in [0.05, 0.1) is 12.6 Å². The number of anilines is 1. The summed E-state index contributed by atoms with van der Waals surface area (Å²) in [7, 11) is 0. The Kier molecular flexibility index (Phi) is 1.98. The van der Waals surface area contributed by atoms with Crippen molar-refractivity contribution in [2.24, 2.45) is 0 Å². The molecule has 2 rings (SSSR count). The summed E-state index contributed by atoms with van der Waals surface area (Å²) >= 11 is 0. The van der Waals surface area contributed by atoms with Crippen LogP contribution in [-0.2, 0) is 6.42 Å². The lowest BCUT2D eigenvalue weighted by Crippen LogP contribution is -2.11. The Labute approximate surface area is 81.7 Å². The molecule has 0 aliphatic rings. The number of halogens is 3. The van der Waals surface area contributed by atoms with Gasteiger partial charge in [0.1, 0.15) is 6.33 Å². The van der Waals surface area contributed by atoms with E-state index in [1.165, 1.54) is 0 Å². The molecule has 0 amide bonds. The summed E-state index contributed by atoms with van der Waals surface area (Å²) in [5.74, 6) is 0.00780. The van der Waals surface area contributed by atoms with Crippen LogP contribution in [0.1, 0.15) is 5.56 Å². The van der Waals surface area contributed by atoms with Gasteiger partial charge in [0.2, 0.25) is 5.95 Å². The Hall–Kier alpha value is -1.86. The fraction of sp³-hybridized carbons (Fsp3) is 0.286. The van der Waals surface area contributed by atoms with E-state index in [0.717, 1.165) is 17.0 Å². The van der Waals surface area contributed by atoms with E-state index in [9.17, 15) is 13.2 Å². The van der Waals surface area contributed by atoms with Gasteiger partial charge in [0.25, 0.3) is 0 Å². The van der Waals surface area contributed by atoms with E-state index < -0.39 is 12.6 Å². The molecule has 0 bridgehead atoms. The Morgan fingerprint density at radius 3 is 2.73 bits per heavy atom. The molecular weight excluding hydrogens is 211 g/mol. The summed E-state index contributed by atoms with van der Waals surface area (Å²) in [4.78, 5) is 7.30. The summed E-state index contributed by atoms with van der Waals surface area (Å²) in [5, 5.41) is 3.67. The molecule has 2 N–H and O–H groups in total. The topological polar surface area (TPSA) is 69.1 Å². The lowest BCUT2D eigenvalue weighted by Gasteiger charge is -2.03. The number of rotatable bonds is 1. The standard InChI is InChI=1S/C7H6F3N5/c8-7(9,10)1-4-2-14-15-5(4)12-3-13-6(15)11/h2-3H,1H2,(H2,11,12,13). The van der Waals surface area contributed by atoms with Crippen LogP contribution in [0.25, 0.3) is 5.65 Å². The number of aromatic nitrogens is 4. The van der Waals surface area contributed by atoms with E-state index in [2.05, 4.69) is 15.1 Å². The van der Waals surface area contributed by atoms with Crippen molar-refractivity contribution in [3.05, 3.63) is 18.1 Å². The molecule has 0 radical (unpaired) electrons. The van der Waals surface area contributed by atoms with Crippen molar-refractivity contribution in [2.75, 3.05) is 5.73 Å². The van der Waals surface area contributed by atoms with Crippen LogP contribution in [0.4, 0.5) is 19.1 Å². The van der Waals surface area contributed by atoms with Crippen molar-refractivity contribution in [3.8, 4) is 0 Å². The second-order valence-electron chi connectivity index (χ2n) is 2.93. The van der Waals surface area contributed by atoms with E-state index in [1.807, 2.05) is 0 Å². The predicted octanol–water partition coefficient (Wildman–Crippen LogP) is 0.811. The average molecular weight is 217 g/mol. The SMILES string of the molecule is Nc1ncnc2c(CC(F)(F)F)cnn12. The Balaban J connectivity index is 2.50. The molecule has 2 aromatic rings. The minimum absolute atomic E-state index is 0.00780. The average Bonchev–Trinajstić information content (AvgIpc) is 2.48. The fourth-order valence-corrected chi connectivity index (χ4v) is 1.22. The van der Waals surface area contributed by atoms with E-state index in [0.29, 0.717) is 0 Å². The molecule has 0 saturated carbocycles. The minimum Gasteiger partial charge on any atom is -0.368 e. The third-order valence-electron chi connectivity index (χ3n) is 1.79. The van der Waals surface area contributed by atoms with Crippen molar-refractivity contribution < 1.29 is 13.2 Å². The Bertz CT molecular complexity index is 489. The molecule has 5 nitrogen and oxygen atoms in total. The molecule has 0 fully saturated rings. The molecule has 80 valence electrons. The maximum Gasteiger partial charge on any atom is 0.393 e. The van der Waals surface area contributed by atoms with Gasteiger partial charge >= 0.3 is 6.18 Å². The highest BCUT2D eigenvalue weighted by Crippen LogP contribution is 2.23. The molecule has 2 aromatic heterocycles. The number of nitrogens with two attached hydrogens (primary N) is 1. The molecule has 0 aromatic carbocycles. The first-order valence-corrected chi connectivity index (χ1v) is 3.97. The summed E-state index contributed by atoms with van der Waals surface area (Å²) in [6.07, 6.45) is -3.17. The molecule has 15 heavy (non-hydrogen) atoms. The van der Waals surface area contributed by atoms with Gasteiger partial charge in [-0.1, -0.05) is 0 Å². The molecule has 0 atom stereocenters. The first-order chi connectivity index (χ1) is 6.97. The summed E-state index contributed by atoms with van der Waals surface area (Å²) in [5.41, 5.74) is 5.47. The second-order valence-corrected chi connectivity index (χ2v) is 2.93. The first-order valence-electron chi connectivity index (χ1n) is 3.97. The van der Waals surface area contributed by atoms with Gasteiger partial charge in [-0.2, -0.15) is 22.8 Å². The van der Waals surface area contributed by atoms with Gasteiger partial charge < -0.3 is 5.73 Å². The van der Waals surface area contributed by atoms with Gasteiger partial charge in [-0.15, -0.1) is 0 Å². The highest BCUT2D eigenvalue weighted by Gasteiger charge is 2.29. The van der Waals surface area contributed by atoms with Gasteiger partial charge in [0, 0.05) is 5.56 Å². The van der Waals surface area contributed by atoms with Gasteiger partial charge in [-0.25, -0.2) is 9.97 Å². The van der Waals surface area contributed by atoms with Crippen LogP contribution in [-0.4, -0.2) is 25.8 Å².